The van der Waals surface area contributed by atoms with Gasteiger partial charge >= 0.3 is 0 Å². The van der Waals surface area contributed by atoms with Crippen LogP contribution in [0.2, 0.25) is 0 Å². The highest BCUT2D eigenvalue weighted by atomic mass is 32.2. The van der Waals surface area contributed by atoms with E-state index in [0.717, 1.165) is 47.3 Å². The summed E-state index contributed by atoms with van der Waals surface area (Å²) in [5.41, 5.74) is 8.86. The number of aromatic nitrogens is 3. The number of aromatic hydroxyl groups is 2. The molecule has 1 aromatic carbocycles. The molecule has 3 rings (SSSR count). The predicted octanol–water partition coefficient (Wildman–Crippen LogP) is 4.05. The second-order valence-corrected chi connectivity index (χ2v) is 10.4. The quantitative estimate of drug-likeness (QED) is 0.258. The van der Waals surface area contributed by atoms with E-state index in [-0.39, 0.29) is 16.9 Å². The second-order valence-electron chi connectivity index (χ2n) is 9.36. The Balaban J connectivity index is 1.96. The van der Waals surface area contributed by atoms with Gasteiger partial charge in [-0.1, -0.05) is 46.4 Å². The molecule has 0 saturated heterocycles. The van der Waals surface area contributed by atoms with Gasteiger partial charge in [0.15, 0.2) is 22.5 Å². The minimum absolute atomic E-state index is 0.116. The van der Waals surface area contributed by atoms with Crippen LogP contribution in [0.4, 0.5) is 5.82 Å². The summed E-state index contributed by atoms with van der Waals surface area (Å²) in [6, 6.07) is 5.18. The van der Waals surface area contributed by atoms with E-state index in [9.17, 15) is 10.2 Å². The number of hydrogen-bond acceptors (Lipinski definition) is 8. The lowest BCUT2D eigenvalue weighted by Gasteiger charge is -2.21. The number of nitrogen functional groups attached to an aromatic ring is 1. The average Bonchev–Trinajstić information content (AvgIpc) is 3.10. The van der Waals surface area contributed by atoms with E-state index in [1.54, 1.807) is 18.3 Å². The molecular weight excluding hydrogens is 436 g/mol. The summed E-state index contributed by atoms with van der Waals surface area (Å²) in [4.78, 5) is 12.1. The van der Waals surface area contributed by atoms with Crippen LogP contribution in [0.25, 0.3) is 11.0 Å². The highest BCUT2D eigenvalue weighted by molar-refractivity contribution is 7.99. The van der Waals surface area contributed by atoms with Crippen molar-refractivity contribution in [3.63, 3.8) is 0 Å². The largest absolute Gasteiger partial charge is 0.504 e. The maximum absolute atomic E-state index is 10.2. The molecule has 0 bridgehead atoms. The minimum atomic E-state index is -0.142. The zero-order valence-electron chi connectivity index (χ0n) is 20.2. The average molecular weight is 473 g/mol. The first-order valence-corrected chi connectivity index (χ1v) is 12.2. The van der Waals surface area contributed by atoms with Gasteiger partial charge in [0, 0.05) is 37.3 Å². The Kier molecular flexibility index (Phi) is 8.10. The van der Waals surface area contributed by atoms with Gasteiger partial charge in [0.2, 0.25) is 0 Å². The molecule has 0 aliphatic rings. The van der Waals surface area contributed by atoms with Crippen LogP contribution < -0.4 is 11.1 Å². The summed E-state index contributed by atoms with van der Waals surface area (Å²) >= 11 is 1.47. The monoisotopic (exact) mass is 472 g/mol. The summed E-state index contributed by atoms with van der Waals surface area (Å²) in [5, 5.41) is 24.6. The number of anilines is 1. The molecule has 5 N–H and O–H groups in total. The fourth-order valence-corrected chi connectivity index (χ4v) is 4.66. The van der Waals surface area contributed by atoms with Gasteiger partial charge in [-0.15, -0.1) is 0 Å². The Labute approximate surface area is 200 Å². The third-order valence-electron chi connectivity index (χ3n) is 5.48. The molecule has 0 saturated carbocycles. The Hall–Kier alpha value is -2.49. The van der Waals surface area contributed by atoms with Gasteiger partial charge in [0.05, 0.1) is 5.52 Å². The molecule has 0 atom stereocenters. The normalized spacial score (nSPS) is 12.2. The van der Waals surface area contributed by atoms with E-state index in [2.05, 4.69) is 54.4 Å². The molecule has 2 aromatic heterocycles. The van der Waals surface area contributed by atoms with Crippen LogP contribution in [0.1, 0.15) is 40.2 Å². The van der Waals surface area contributed by atoms with Crippen LogP contribution in [-0.2, 0) is 13.1 Å². The number of phenolic OH excluding ortho intramolecular Hbond substituents is 2. The first-order chi connectivity index (χ1) is 15.6. The van der Waals surface area contributed by atoms with Gasteiger partial charge in [0.1, 0.15) is 5.52 Å². The highest BCUT2D eigenvalue weighted by Crippen LogP contribution is 2.39. The number of fused-ring (bicyclic) bond motifs is 1. The zero-order valence-corrected chi connectivity index (χ0v) is 21.0. The van der Waals surface area contributed by atoms with Gasteiger partial charge in [-0.3, -0.25) is 4.90 Å². The number of phenols is 2. The number of nitrogens with one attached hydrogen (secondary N) is 1. The summed E-state index contributed by atoms with van der Waals surface area (Å²) in [7, 11) is 0. The first-order valence-electron chi connectivity index (χ1n) is 11.4. The van der Waals surface area contributed by atoms with Crippen molar-refractivity contribution >= 4 is 28.6 Å². The fourth-order valence-electron chi connectivity index (χ4n) is 3.61. The third-order valence-corrected chi connectivity index (χ3v) is 6.57. The van der Waals surface area contributed by atoms with Crippen molar-refractivity contribution in [1.29, 1.82) is 0 Å². The maximum Gasteiger partial charge on any atom is 0.174 e. The smallest absolute Gasteiger partial charge is 0.174 e. The molecule has 8 nitrogen and oxygen atoms in total. The molecule has 33 heavy (non-hydrogen) atoms. The van der Waals surface area contributed by atoms with Crippen LogP contribution in [0.15, 0.2) is 34.4 Å². The van der Waals surface area contributed by atoms with Crippen LogP contribution in [0.5, 0.6) is 11.5 Å². The number of nitrogens with two attached hydrogens (primary N) is 1. The van der Waals surface area contributed by atoms with E-state index >= 15 is 0 Å². The molecule has 2 heterocycles. The summed E-state index contributed by atoms with van der Waals surface area (Å²) in [6.45, 7) is 15.7. The van der Waals surface area contributed by atoms with Crippen molar-refractivity contribution in [3.8, 4) is 11.5 Å². The summed E-state index contributed by atoms with van der Waals surface area (Å²) in [6.07, 6.45) is 1.70. The van der Waals surface area contributed by atoms with Crippen molar-refractivity contribution in [1.82, 2.24) is 24.8 Å². The van der Waals surface area contributed by atoms with E-state index in [1.165, 1.54) is 11.8 Å². The molecule has 0 amide bonds. The second kappa shape index (κ2) is 10.6. The standard InChI is InChI=1S/C24H36N6O2S/c1-6-29(7-2)14-16-12-18(31)19(32)13-20(16)33-23-28-21-17(8-9-27-22(21)25)30(23)11-10-26-15-24(3,4)5/h8-9,12-13,26,31-32H,6-7,10-11,14-15H2,1-5H3,(H2,25,27). The Morgan fingerprint density at radius 1 is 1.15 bits per heavy atom. The van der Waals surface area contributed by atoms with Gasteiger partial charge < -0.3 is 25.8 Å². The van der Waals surface area contributed by atoms with Gasteiger partial charge in [-0.05, 0) is 42.3 Å². The van der Waals surface area contributed by atoms with Crippen molar-refractivity contribution < 1.29 is 10.2 Å². The SMILES string of the molecule is CCN(CC)Cc1cc(O)c(O)cc1Sc1nc2c(N)nccc2n1CCNCC(C)(C)C. The molecule has 180 valence electrons. The maximum atomic E-state index is 10.2. The van der Waals surface area contributed by atoms with Crippen LogP contribution >= 0.6 is 11.8 Å². The van der Waals surface area contributed by atoms with Crippen molar-refractivity contribution in [2.75, 3.05) is 31.9 Å². The Morgan fingerprint density at radius 3 is 2.52 bits per heavy atom. The van der Waals surface area contributed by atoms with Gasteiger partial charge in [-0.25, -0.2) is 9.97 Å². The highest BCUT2D eigenvalue weighted by Gasteiger charge is 2.19. The lowest BCUT2D eigenvalue weighted by Crippen LogP contribution is -2.29. The summed E-state index contributed by atoms with van der Waals surface area (Å²) < 4.78 is 2.14. The molecule has 9 heteroatoms. The molecule has 0 aliphatic heterocycles. The predicted molar refractivity (Wildman–Crippen MR) is 135 cm³/mol. The van der Waals surface area contributed by atoms with Gasteiger partial charge in [-0.2, -0.15) is 0 Å². The zero-order chi connectivity index (χ0) is 24.2. The van der Waals surface area contributed by atoms with E-state index in [4.69, 9.17) is 10.7 Å². The number of benzene rings is 1. The molecule has 3 aromatic rings. The van der Waals surface area contributed by atoms with E-state index in [0.29, 0.717) is 24.4 Å². The molecule has 0 unspecified atom stereocenters. The molecule has 0 spiro atoms. The van der Waals surface area contributed by atoms with Crippen LogP contribution in [0.3, 0.4) is 0 Å². The van der Waals surface area contributed by atoms with Crippen LogP contribution in [0, 0.1) is 5.41 Å². The molecular formula is C24H36N6O2S. The third kappa shape index (κ3) is 6.31. The van der Waals surface area contributed by atoms with Crippen molar-refractivity contribution in [2.45, 2.75) is 57.8 Å². The minimum Gasteiger partial charge on any atom is -0.504 e. The number of imidazole rings is 1. The van der Waals surface area contributed by atoms with Crippen molar-refractivity contribution in [3.05, 3.63) is 30.0 Å². The Morgan fingerprint density at radius 2 is 1.85 bits per heavy atom. The number of rotatable bonds is 10. The van der Waals surface area contributed by atoms with Crippen LogP contribution in [-0.4, -0.2) is 55.8 Å². The molecule has 0 fully saturated rings. The lowest BCUT2D eigenvalue weighted by molar-refractivity contribution is 0.292. The van der Waals surface area contributed by atoms with E-state index in [1.807, 2.05) is 6.07 Å². The number of pyridine rings is 1. The number of hydrogen-bond donors (Lipinski definition) is 4. The van der Waals surface area contributed by atoms with Crippen molar-refractivity contribution in [2.24, 2.45) is 5.41 Å². The Bertz CT molecular complexity index is 1090. The topological polar surface area (TPSA) is 112 Å². The molecule has 0 aliphatic carbocycles. The van der Waals surface area contributed by atoms with Gasteiger partial charge in [0.25, 0.3) is 0 Å². The molecule has 0 radical (unpaired) electrons. The summed E-state index contributed by atoms with van der Waals surface area (Å²) in [5.74, 6) is 0.138. The lowest BCUT2D eigenvalue weighted by atomic mass is 9.97. The number of nitrogens with zero attached hydrogens (tertiary/aromatic N) is 4. The fraction of sp³-hybridized carbons (Fsp3) is 0.500. The first kappa shape index (κ1) is 25.1. The van der Waals surface area contributed by atoms with E-state index < -0.39 is 0 Å².